The van der Waals surface area contributed by atoms with E-state index < -0.39 is 6.03 Å². The Morgan fingerprint density at radius 3 is 2.11 bits per heavy atom. The number of amides is 2. The van der Waals surface area contributed by atoms with Crippen LogP contribution in [-0.2, 0) is 9.59 Å². The minimum absolute atomic E-state index is 0.0193. The average Bonchev–Trinajstić information content (AvgIpc) is 2.14. The molecule has 0 radical (unpaired) electrons. The van der Waals surface area contributed by atoms with Crippen LogP contribution >= 0.6 is 0 Å². The van der Waals surface area contributed by atoms with Gasteiger partial charge in [0.25, 0.3) is 0 Å². The van der Waals surface area contributed by atoms with Gasteiger partial charge in [-0.1, -0.05) is 13.8 Å². The van der Waals surface area contributed by atoms with E-state index in [1.165, 1.54) is 18.7 Å². The minimum atomic E-state index is -0.607. The molecule has 0 aromatic rings. The highest BCUT2D eigenvalue weighted by atomic mass is 16.2. The summed E-state index contributed by atoms with van der Waals surface area (Å²) in [4.78, 5) is 34.4. The van der Waals surface area contributed by atoms with E-state index in [0.717, 1.165) is 0 Å². The number of nitrogens with zero attached hydrogens (tertiary/aromatic N) is 1. The van der Waals surface area contributed by atoms with Crippen molar-refractivity contribution >= 4 is 17.6 Å². The number of hydrogen-bond acceptors (Lipinski definition) is 4. The molecule has 0 aromatic heterocycles. The van der Waals surface area contributed by atoms with Gasteiger partial charge in [0, 0.05) is 13.1 Å². The Kier molecular flexibility index (Phi) is 6.54. The maximum absolute atomic E-state index is 11.2. The normalized spacial score (nSPS) is 11.1. The van der Waals surface area contributed by atoms with E-state index in [-0.39, 0.29) is 23.5 Å². The van der Waals surface area contributed by atoms with Crippen LogP contribution in [0.3, 0.4) is 0 Å². The van der Waals surface area contributed by atoms with Crippen LogP contribution in [0, 0.1) is 5.41 Å². The zero-order valence-corrected chi connectivity index (χ0v) is 11.6. The first-order chi connectivity index (χ1) is 8.14. The van der Waals surface area contributed by atoms with Crippen LogP contribution in [0.4, 0.5) is 4.79 Å². The van der Waals surface area contributed by atoms with Gasteiger partial charge in [0.15, 0.2) is 0 Å². The fourth-order valence-electron chi connectivity index (χ4n) is 1.63. The molecule has 0 atom stereocenters. The van der Waals surface area contributed by atoms with Crippen molar-refractivity contribution in [3.8, 4) is 0 Å². The predicted octanol–water partition coefficient (Wildman–Crippen LogP) is 0.161. The lowest BCUT2D eigenvalue weighted by Gasteiger charge is -2.31. The second-order valence-electron chi connectivity index (χ2n) is 5.37. The molecule has 6 heteroatoms. The highest BCUT2D eigenvalue weighted by molar-refractivity contribution is 5.83. The topological polar surface area (TPSA) is 92.5 Å². The van der Waals surface area contributed by atoms with E-state index in [1.54, 1.807) is 0 Å². The maximum atomic E-state index is 11.2. The number of nitrogens with one attached hydrogen (secondary N) is 1. The van der Waals surface area contributed by atoms with Crippen molar-refractivity contribution in [2.45, 2.75) is 27.7 Å². The van der Waals surface area contributed by atoms with Gasteiger partial charge in [0.05, 0.1) is 13.1 Å². The number of carbonyl (C=O) groups excluding carboxylic acids is 3. The molecule has 2 amide bonds. The first-order valence-corrected chi connectivity index (χ1v) is 5.88. The van der Waals surface area contributed by atoms with Gasteiger partial charge in [-0.3, -0.25) is 9.59 Å². The molecule has 0 saturated heterocycles. The molecule has 0 aliphatic rings. The van der Waals surface area contributed by atoms with Crippen LogP contribution in [0.1, 0.15) is 27.7 Å². The summed E-state index contributed by atoms with van der Waals surface area (Å²) in [6.45, 7) is 8.05. The zero-order chi connectivity index (χ0) is 14.3. The van der Waals surface area contributed by atoms with Crippen LogP contribution in [0.25, 0.3) is 0 Å². The smallest absolute Gasteiger partial charge is 0.315 e. The third kappa shape index (κ3) is 7.78. The highest BCUT2D eigenvalue weighted by Gasteiger charge is 2.24. The lowest BCUT2D eigenvalue weighted by molar-refractivity contribution is -0.117. The first-order valence-electron chi connectivity index (χ1n) is 5.88. The summed E-state index contributed by atoms with van der Waals surface area (Å²) in [6, 6.07) is -0.607. The molecular formula is C12H23N3O3. The maximum Gasteiger partial charge on any atom is 0.315 e. The van der Waals surface area contributed by atoms with Crippen molar-refractivity contribution in [3.63, 3.8) is 0 Å². The van der Waals surface area contributed by atoms with E-state index in [0.29, 0.717) is 19.6 Å². The summed E-state index contributed by atoms with van der Waals surface area (Å²) in [7, 11) is 0. The number of rotatable bonds is 8. The number of nitrogens with two attached hydrogens (primary N) is 1. The van der Waals surface area contributed by atoms with Crippen molar-refractivity contribution in [2.75, 3.05) is 26.2 Å². The monoisotopic (exact) mass is 257 g/mol. The molecule has 0 fully saturated rings. The summed E-state index contributed by atoms with van der Waals surface area (Å²) in [5.41, 5.74) is 4.97. The summed E-state index contributed by atoms with van der Waals surface area (Å²) in [5, 5.41) is 3.01. The molecule has 0 aromatic carbocycles. The molecule has 3 N–H and O–H groups in total. The van der Waals surface area contributed by atoms with Crippen LogP contribution in [-0.4, -0.2) is 48.7 Å². The van der Waals surface area contributed by atoms with E-state index in [9.17, 15) is 14.4 Å². The molecule has 0 heterocycles. The van der Waals surface area contributed by atoms with Gasteiger partial charge < -0.3 is 16.0 Å². The van der Waals surface area contributed by atoms with Crippen molar-refractivity contribution < 1.29 is 14.4 Å². The average molecular weight is 257 g/mol. The van der Waals surface area contributed by atoms with Gasteiger partial charge in [0.2, 0.25) is 0 Å². The van der Waals surface area contributed by atoms with Crippen molar-refractivity contribution in [3.05, 3.63) is 0 Å². The molecule has 0 rings (SSSR count). The Hall–Kier alpha value is -1.43. The van der Waals surface area contributed by atoms with E-state index >= 15 is 0 Å². The lowest BCUT2D eigenvalue weighted by atomic mass is 9.92. The molecular weight excluding hydrogens is 234 g/mol. The second-order valence-corrected chi connectivity index (χ2v) is 5.37. The molecule has 0 spiro atoms. The Balaban J connectivity index is 4.36. The highest BCUT2D eigenvalue weighted by Crippen LogP contribution is 2.15. The van der Waals surface area contributed by atoms with Gasteiger partial charge in [-0.15, -0.1) is 0 Å². The Labute approximate surface area is 108 Å². The molecule has 104 valence electrons. The molecule has 0 aliphatic heterocycles. The summed E-state index contributed by atoms with van der Waals surface area (Å²) in [6.07, 6.45) is 0. The van der Waals surface area contributed by atoms with Crippen LogP contribution in [0.15, 0.2) is 0 Å². The molecule has 0 aliphatic carbocycles. The van der Waals surface area contributed by atoms with Gasteiger partial charge in [-0.25, -0.2) is 4.79 Å². The quantitative estimate of drug-likeness (QED) is 0.648. The van der Waals surface area contributed by atoms with Gasteiger partial charge in [0.1, 0.15) is 11.6 Å². The zero-order valence-electron chi connectivity index (χ0n) is 11.6. The van der Waals surface area contributed by atoms with Crippen molar-refractivity contribution in [2.24, 2.45) is 11.1 Å². The third-order valence-corrected chi connectivity index (χ3v) is 2.32. The van der Waals surface area contributed by atoms with Gasteiger partial charge in [-0.2, -0.15) is 0 Å². The van der Waals surface area contributed by atoms with E-state index in [2.05, 4.69) is 5.32 Å². The van der Waals surface area contributed by atoms with Gasteiger partial charge >= 0.3 is 6.03 Å². The van der Waals surface area contributed by atoms with Crippen LogP contribution in [0.2, 0.25) is 0 Å². The summed E-state index contributed by atoms with van der Waals surface area (Å²) >= 11 is 0. The van der Waals surface area contributed by atoms with Crippen molar-refractivity contribution in [1.29, 1.82) is 0 Å². The van der Waals surface area contributed by atoms with Crippen LogP contribution < -0.4 is 11.1 Å². The standard InChI is InChI=1S/C12H23N3O3/c1-9(16)5-14-7-12(3,4)8-15(11(13)18)6-10(2)17/h14H,5-8H2,1-4H3,(H2,13,18). The summed E-state index contributed by atoms with van der Waals surface area (Å²) in [5.74, 6) is -0.0532. The minimum Gasteiger partial charge on any atom is -0.351 e. The number of primary amides is 1. The molecule has 6 nitrogen and oxygen atoms in total. The molecule has 0 bridgehead atoms. The molecule has 0 unspecified atom stereocenters. The van der Waals surface area contributed by atoms with Crippen molar-refractivity contribution in [1.82, 2.24) is 10.2 Å². The molecule has 18 heavy (non-hydrogen) atoms. The number of carbonyl (C=O) groups is 3. The Morgan fingerprint density at radius 1 is 1.17 bits per heavy atom. The van der Waals surface area contributed by atoms with Gasteiger partial charge in [-0.05, 0) is 19.3 Å². The number of urea groups is 1. The Morgan fingerprint density at radius 2 is 1.72 bits per heavy atom. The number of ketones is 2. The number of hydrogen-bond donors (Lipinski definition) is 2. The van der Waals surface area contributed by atoms with E-state index in [1.807, 2.05) is 13.8 Å². The molecule has 0 saturated carbocycles. The number of Topliss-reactive ketones (excluding diaryl/α,β-unsaturated/α-hetero) is 2. The lowest BCUT2D eigenvalue weighted by Crippen LogP contribution is -2.47. The third-order valence-electron chi connectivity index (χ3n) is 2.32. The van der Waals surface area contributed by atoms with E-state index in [4.69, 9.17) is 5.73 Å². The fourth-order valence-corrected chi connectivity index (χ4v) is 1.63. The fraction of sp³-hybridized carbons (Fsp3) is 0.750. The predicted molar refractivity (Wildman–Crippen MR) is 69.2 cm³/mol. The largest absolute Gasteiger partial charge is 0.351 e. The summed E-state index contributed by atoms with van der Waals surface area (Å²) < 4.78 is 0. The Bertz CT molecular complexity index is 327. The SMILES string of the molecule is CC(=O)CNCC(C)(C)CN(CC(C)=O)C(N)=O. The van der Waals surface area contributed by atoms with Crippen LogP contribution in [0.5, 0.6) is 0 Å². The second kappa shape index (κ2) is 7.10. The first kappa shape index (κ1) is 16.6.